The summed E-state index contributed by atoms with van der Waals surface area (Å²) in [6.45, 7) is 5.45. The molecule has 1 saturated heterocycles. The van der Waals surface area contributed by atoms with Gasteiger partial charge in [-0.05, 0) is 49.3 Å². The van der Waals surface area contributed by atoms with E-state index < -0.39 is 11.7 Å². The highest BCUT2D eigenvalue weighted by molar-refractivity contribution is 7.80. The summed E-state index contributed by atoms with van der Waals surface area (Å²) in [6.07, 6.45) is 1.13. The highest BCUT2D eigenvalue weighted by Crippen LogP contribution is 2.47. The number of likely N-dealkylation sites (tertiary alicyclic amines) is 1. The van der Waals surface area contributed by atoms with E-state index in [4.69, 9.17) is 18.0 Å². The maximum absolute atomic E-state index is 13.6. The van der Waals surface area contributed by atoms with Gasteiger partial charge in [-0.15, -0.1) is 5.10 Å². The van der Waals surface area contributed by atoms with Crippen molar-refractivity contribution in [2.24, 2.45) is 17.6 Å². The zero-order chi connectivity index (χ0) is 24.9. The number of benzene rings is 1. The molecular weight excluding hydrogens is 473 g/mol. The molecule has 1 aromatic carbocycles. The van der Waals surface area contributed by atoms with E-state index in [1.165, 1.54) is 22.2 Å². The van der Waals surface area contributed by atoms with E-state index in [1.54, 1.807) is 24.4 Å². The second kappa shape index (κ2) is 8.67. The molecule has 10 heteroatoms. The minimum absolute atomic E-state index is 0.0316. The van der Waals surface area contributed by atoms with Gasteiger partial charge in [0.25, 0.3) is 0 Å². The number of nitrogens with zero attached hydrogens (tertiary/aromatic N) is 4. The number of allylic oxidation sites excluding steroid dienone is 2. The van der Waals surface area contributed by atoms with Crippen LogP contribution in [-0.4, -0.2) is 43.6 Å². The number of nitrogens with one attached hydrogen (secondary N) is 1. The van der Waals surface area contributed by atoms with Gasteiger partial charge in [-0.1, -0.05) is 36.5 Å². The Bertz CT molecular complexity index is 1350. The molecule has 2 aliphatic rings. The first-order chi connectivity index (χ1) is 16.7. The molecule has 35 heavy (non-hydrogen) atoms. The average Bonchev–Trinajstić information content (AvgIpc) is 3.38. The number of fused-ring (bicyclic) bond motifs is 2. The summed E-state index contributed by atoms with van der Waals surface area (Å²) in [5.74, 6) is 1.08. The average molecular weight is 499 g/mol. The Morgan fingerprint density at radius 3 is 2.63 bits per heavy atom. The van der Waals surface area contributed by atoms with Crippen LogP contribution in [0, 0.1) is 11.8 Å². The van der Waals surface area contributed by atoms with Crippen molar-refractivity contribution in [3.05, 3.63) is 71.6 Å². The molecule has 1 aliphatic heterocycles. The summed E-state index contributed by atoms with van der Waals surface area (Å²) in [7, 11) is 0. The van der Waals surface area contributed by atoms with Gasteiger partial charge in [0.2, 0.25) is 5.95 Å². The lowest BCUT2D eigenvalue weighted by Gasteiger charge is -2.42. The van der Waals surface area contributed by atoms with Gasteiger partial charge in [0.15, 0.2) is 5.65 Å². The number of hydrogen-bond donors (Lipinski definition) is 2. The summed E-state index contributed by atoms with van der Waals surface area (Å²) in [5.41, 5.74) is 7.84. The highest BCUT2D eigenvalue weighted by Gasteiger charge is 2.51. The quantitative estimate of drug-likeness (QED) is 0.303. The number of thiocarbonyl (C=S) groups is 1. The maximum atomic E-state index is 13.6. The molecule has 182 valence electrons. The van der Waals surface area contributed by atoms with Crippen molar-refractivity contribution in [3.63, 3.8) is 0 Å². The highest BCUT2D eigenvalue weighted by atomic mass is 32.1. The zero-order valence-electron chi connectivity index (χ0n) is 19.3. The van der Waals surface area contributed by atoms with Crippen LogP contribution in [0.25, 0.3) is 16.8 Å². The van der Waals surface area contributed by atoms with Crippen LogP contribution in [0.5, 0.6) is 0 Å². The Kier molecular flexibility index (Phi) is 5.79. The number of rotatable bonds is 4. The molecule has 1 unspecified atom stereocenters. The van der Waals surface area contributed by atoms with Gasteiger partial charge >= 0.3 is 6.18 Å². The molecule has 3 aromatic rings. The van der Waals surface area contributed by atoms with E-state index in [0.29, 0.717) is 34.7 Å². The van der Waals surface area contributed by atoms with Gasteiger partial charge in [-0.2, -0.15) is 18.2 Å². The first kappa shape index (κ1) is 23.3. The Morgan fingerprint density at radius 2 is 1.91 bits per heavy atom. The van der Waals surface area contributed by atoms with E-state index >= 15 is 0 Å². The number of halogens is 3. The lowest BCUT2D eigenvalue weighted by Crippen LogP contribution is -2.48. The minimum atomic E-state index is -4.47. The molecule has 1 saturated carbocycles. The largest absolute Gasteiger partial charge is 0.417 e. The van der Waals surface area contributed by atoms with Gasteiger partial charge in [-0.3, -0.25) is 0 Å². The fraction of sp³-hybridized carbons (Fsp3) is 0.320. The fourth-order valence-electron chi connectivity index (χ4n) is 5.21. The van der Waals surface area contributed by atoms with Crippen molar-refractivity contribution in [1.29, 1.82) is 0 Å². The molecule has 2 aromatic heterocycles. The number of aromatic nitrogens is 3. The summed E-state index contributed by atoms with van der Waals surface area (Å²) < 4.78 is 42.4. The van der Waals surface area contributed by atoms with Gasteiger partial charge in [0, 0.05) is 42.4 Å². The molecule has 0 bridgehead atoms. The van der Waals surface area contributed by atoms with Crippen LogP contribution in [0.4, 0.5) is 19.1 Å². The number of nitrogens with two attached hydrogens (primary N) is 1. The normalized spacial score (nSPS) is 23.5. The van der Waals surface area contributed by atoms with Crippen molar-refractivity contribution in [2.75, 3.05) is 18.4 Å². The monoisotopic (exact) mass is 498 g/mol. The minimum Gasteiger partial charge on any atom is -0.402 e. The smallest absolute Gasteiger partial charge is 0.402 e. The number of pyridine rings is 1. The molecule has 6 nitrogen and oxygen atoms in total. The number of alkyl halides is 3. The second-order valence-electron chi connectivity index (χ2n) is 8.98. The molecule has 2 fully saturated rings. The fourth-order valence-corrected chi connectivity index (χ4v) is 5.55. The third kappa shape index (κ3) is 4.16. The predicted octanol–water partition coefficient (Wildman–Crippen LogP) is 4.89. The topological polar surface area (TPSA) is 71.5 Å². The molecule has 3 N–H and O–H groups in total. The second-order valence-corrected chi connectivity index (χ2v) is 9.40. The Hall–Kier alpha value is -3.40. The van der Waals surface area contributed by atoms with E-state index in [0.717, 1.165) is 24.1 Å². The zero-order valence-corrected chi connectivity index (χ0v) is 20.1. The van der Waals surface area contributed by atoms with Crippen molar-refractivity contribution >= 4 is 28.8 Å². The summed E-state index contributed by atoms with van der Waals surface area (Å²) in [4.78, 5) is 7.48. The number of hydrogen-bond acceptors (Lipinski definition) is 5. The molecule has 3 heterocycles. The van der Waals surface area contributed by atoms with Crippen LogP contribution in [0.3, 0.4) is 0 Å². The predicted molar refractivity (Wildman–Crippen MR) is 134 cm³/mol. The SMILES string of the molecule is C/C=C1\C2CN(C(=S)C=C(C)N)C[C@H]2[C@@H]1Nc1nc2c(-c3ccccc3C(F)(F)F)cccn2n1. The Labute approximate surface area is 206 Å². The first-order valence-corrected chi connectivity index (χ1v) is 11.8. The van der Waals surface area contributed by atoms with Crippen LogP contribution in [0.15, 0.2) is 66.0 Å². The third-order valence-electron chi connectivity index (χ3n) is 6.75. The molecule has 0 radical (unpaired) electrons. The van der Waals surface area contributed by atoms with Gasteiger partial charge in [-0.25, -0.2) is 4.52 Å². The van der Waals surface area contributed by atoms with Crippen molar-refractivity contribution in [3.8, 4) is 11.1 Å². The van der Waals surface area contributed by atoms with Gasteiger partial charge in [0.1, 0.15) is 4.99 Å². The van der Waals surface area contributed by atoms with Crippen LogP contribution in [0.1, 0.15) is 19.4 Å². The lowest BCUT2D eigenvalue weighted by molar-refractivity contribution is -0.137. The first-order valence-electron chi connectivity index (χ1n) is 11.3. The molecular formula is C25H25F3N6S. The summed E-state index contributed by atoms with van der Waals surface area (Å²) >= 11 is 5.53. The standard InChI is InChI=1S/C25H25F3N6S/c1-3-15-18-12-33(21(35)11-14(2)29)13-19(18)22(15)30-24-31-23-17(8-6-10-34(23)32-24)16-7-4-5-9-20(16)25(26,27)28/h3-11,18-19,22H,12-13,29H2,1-2H3,(H,30,32)/b14-11?,15-3+/t18?,19-,22-/m1/s1. The third-order valence-corrected chi connectivity index (χ3v) is 7.12. The van der Waals surface area contributed by atoms with Crippen LogP contribution in [-0.2, 0) is 6.18 Å². The Morgan fingerprint density at radius 1 is 1.17 bits per heavy atom. The molecule has 3 atom stereocenters. The maximum Gasteiger partial charge on any atom is 0.417 e. The number of anilines is 1. The van der Waals surface area contributed by atoms with E-state index in [1.807, 2.05) is 19.9 Å². The molecule has 0 spiro atoms. The van der Waals surface area contributed by atoms with Crippen molar-refractivity contribution < 1.29 is 13.2 Å². The summed E-state index contributed by atoms with van der Waals surface area (Å²) in [6, 6.07) is 8.86. The van der Waals surface area contributed by atoms with E-state index in [9.17, 15) is 13.2 Å². The van der Waals surface area contributed by atoms with Crippen LogP contribution < -0.4 is 11.1 Å². The Balaban J connectivity index is 1.43. The molecule has 0 amide bonds. The van der Waals surface area contributed by atoms with Gasteiger partial charge < -0.3 is 16.0 Å². The van der Waals surface area contributed by atoms with Crippen LogP contribution in [0.2, 0.25) is 0 Å². The van der Waals surface area contributed by atoms with Crippen LogP contribution >= 0.6 is 12.2 Å². The van der Waals surface area contributed by atoms with E-state index in [2.05, 4.69) is 26.4 Å². The molecule has 1 aliphatic carbocycles. The van der Waals surface area contributed by atoms with Crippen molar-refractivity contribution in [2.45, 2.75) is 26.1 Å². The van der Waals surface area contributed by atoms with Gasteiger partial charge in [0.05, 0.1) is 11.6 Å². The summed E-state index contributed by atoms with van der Waals surface area (Å²) in [5, 5.41) is 7.93. The molecule has 5 rings (SSSR count). The van der Waals surface area contributed by atoms with Crippen molar-refractivity contribution in [1.82, 2.24) is 19.5 Å². The lowest BCUT2D eigenvalue weighted by atomic mass is 9.67. The van der Waals surface area contributed by atoms with E-state index in [-0.39, 0.29) is 11.6 Å².